The van der Waals surface area contributed by atoms with Gasteiger partial charge in [-0.15, -0.1) is 0 Å². The van der Waals surface area contributed by atoms with E-state index in [0.717, 1.165) is 25.7 Å². The molecule has 0 spiro atoms. The fourth-order valence-electron chi connectivity index (χ4n) is 6.06. The third kappa shape index (κ3) is 31.5. The molecule has 0 amide bonds. The predicted octanol–water partition coefficient (Wildman–Crippen LogP) is 13.2. The Morgan fingerprint density at radius 1 is 0.413 bits per heavy atom. The van der Waals surface area contributed by atoms with Crippen LogP contribution >= 0.6 is 0 Å². The Hall–Kier alpha value is -1.10. The van der Waals surface area contributed by atoms with E-state index in [0.29, 0.717) is 12.8 Å². The molecule has 0 aromatic heterocycles. The SMILES string of the molecule is CCCCCCCCCCCCCCCCCC(=O)OC(OC(=O)CCCCCCCCCCCCCCCCC)N(C)C(C)C. The van der Waals surface area contributed by atoms with Gasteiger partial charge in [-0.2, -0.15) is 0 Å². The van der Waals surface area contributed by atoms with Crippen LogP contribution in [0.4, 0.5) is 0 Å². The first-order valence-corrected chi connectivity index (χ1v) is 20.5. The van der Waals surface area contributed by atoms with E-state index in [-0.39, 0.29) is 18.0 Å². The second kappa shape index (κ2) is 35.2. The number of esters is 2. The molecule has 0 aliphatic carbocycles. The van der Waals surface area contributed by atoms with E-state index in [1.165, 1.54) is 167 Å². The summed E-state index contributed by atoms with van der Waals surface area (Å²) in [5, 5.41) is 0. The number of carbonyl (C=O) groups is 2. The fraction of sp³-hybridized carbons (Fsp3) is 0.951. The highest BCUT2D eigenvalue weighted by atomic mass is 16.7. The van der Waals surface area contributed by atoms with E-state index in [9.17, 15) is 9.59 Å². The summed E-state index contributed by atoms with van der Waals surface area (Å²) in [6.45, 7) is 8.58. The van der Waals surface area contributed by atoms with Crippen LogP contribution in [0, 0.1) is 0 Å². The molecule has 0 heterocycles. The second-order valence-electron chi connectivity index (χ2n) is 14.4. The molecule has 0 rings (SSSR count). The van der Waals surface area contributed by atoms with Gasteiger partial charge < -0.3 is 9.47 Å². The summed E-state index contributed by atoms with van der Waals surface area (Å²) in [6.07, 6.45) is 38.8. The van der Waals surface area contributed by atoms with Crippen LogP contribution in [0.15, 0.2) is 0 Å². The minimum absolute atomic E-state index is 0.0992. The monoisotopic (exact) mass is 652 g/mol. The summed E-state index contributed by atoms with van der Waals surface area (Å²) in [4.78, 5) is 26.9. The number of rotatable bonds is 36. The molecule has 274 valence electrons. The van der Waals surface area contributed by atoms with Crippen LogP contribution in [0.1, 0.15) is 233 Å². The zero-order valence-electron chi connectivity index (χ0n) is 31.9. The first-order valence-electron chi connectivity index (χ1n) is 20.5. The van der Waals surface area contributed by atoms with Crippen molar-refractivity contribution in [3.8, 4) is 0 Å². The molecule has 0 saturated heterocycles. The summed E-state index contributed by atoms with van der Waals surface area (Å²) < 4.78 is 11.3. The molecule has 0 atom stereocenters. The van der Waals surface area contributed by atoms with Crippen LogP contribution in [-0.2, 0) is 19.1 Å². The fourth-order valence-corrected chi connectivity index (χ4v) is 6.06. The van der Waals surface area contributed by atoms with E-state index in [1.54, 1.807) is 0 Å². The topological polar surface area (TPSA) is 55.8 Å². The van der Waals surface area contributed by atoms with Gasteiger partial charge in [0.05, 0.1) is 0 Å². The zero-order chi connectivity index (χ0) is 33.9. The molecule has 0 aliphatic heterocycles. The third-order valence-electron chi connectivity index (χ3n) is 9.58. The Morgan fingerprint density at radius 2 is 0.630 bits per heavy atom. The van der Waals surface area contributed by atoms with E-state index in [4.69, 9.17) is 9.47 Å². The van der Waals surface area contributed by atoms with Gasteiger partial charge in [-0.3, -0.25) is 9.59 Å². The number of hydrogen-bond donors (Lipinski definition) is 0. The maximum atomic E-state index is 12.6. The number of hydrogen-bond acceptors (Lipinski definition) is 5. The number of ether oxygens (including phenoxy) is 2. The highest BCUT2D eigenvalue weighted by Gasteiger charge is 2.25. The average Bonchev–Trinajstić information content (AvgIpc) is 3.04. The molecule has 46 heavy (non-hydrogen) atoms. The van der Waals surface area contributed by atoms with Crippen LogP contribution in [0.3, 0.4) is 0 Å². The van der Waals surface area contributed by atoms with Gasteiger partial charge in [0.15, 0.2) is 0 Å². The standard InChI is InChI=1S/C41H81NO4/c1-6-8-10-12-14-16-18-20-22-24-26-28-30-32-34-36-39(43)45-41(42(5)38(3)4)46-40(44)37-35-33-31-29-27-25-23-21-19-17-15-13-11-9-7-2/h38,41H,6-37H2,1-5H3. The van der Waals surface area contributed by atoms with Crippen molar-refractivity contribution in [2.45, 2.75) is 246 Å². The molecule has 0 fully saturated rings. The highest BCUT2D eigenvalue weighted by molar-refractivity contribution is 5.71. The van der Waals surface area contributed by atoms with Crippen molar-refractivity contribution in [3.63, 3.8) is 0 Å². The van der Waals surface area contributed by atoms with Gasteiger partial charge in [-0.1, -0.05) is 194 Å². The molecule has 0 aliphatic rings. The van der Waals surface area contributed by atoms with Crippen LogP contribution in [0.2, 0.25) is 0 Å². The number of unbranched alkanes of at least 4 members (excludes halogenated alkanes) is 28. The summed E-state index contributed by atoms with van der Waals surface area (Å²) in [5.41, 5.74) is 0. The van der Waals surface area contributed by atoms with E-state index in [2.05, 4.69) is 13.8 Å². The van der Waals surface area contributed by atoms with Gasteiger partial charge in [-0.25, -0.2) is 4.90 Å². The van der Waals surface area contributed by atoms with Crippen molar-refractivity contribution >= 4 is 11.9 Å². The Bertz CT molecular complexity index is 604. The van der Waals surface area contributed by atoms with Crippen molar-refractivity contribution in [1.82, 2.24) is 4.90 Å². The van der Waals surface area contributed by atoms with Gasteiger partial charge >= 0.3 is 18.4 Å². The normalized spacial score (nSPS) is 11.7. The minimum atomic E-state index is -0.937. The van der Waals surface area contributed by atoms with E-state index >= 15 is 0 Å². The molecular formula is C41H81NO4. The smallest absolute Gasteiger partial charge is 0.310 e. The summed E-state index contributed by atoms with van der Waals surface area (Å²) >= 11 is 0. The van der Waals surface area contributed by atoms with Crippen molar-refractivity contribution in [3.05, 3.63) is 0 Å². The van der Waals surface area contributed by atoms with Crippen LogP contribution in [-0.4, -0.2) is 36.3 Å². The first kappa shape index (κ1) is 44.9. The lowest BCUT2D eigenvalue weighted by atomic mass is 10.0. The van der Waals surface area contributed by atoms with Gasteiger partial charge in [0.25, 0.3) is 0 Å². The number of nitrogens with zero attached hydrogens (tertiary/aromatic N) is 1. The van der Waals surface area contributed by atoms with Crippen molar-refractivity contribution < 1.29 is 19.1 Å². The van der Waals surface area contributed by atoms with Gasteiger partial charge in [0.2, 0.25) is 0 Å². The Labute approximate surface area is 288 Å². The molecule has 0 N–H and O–H groups in total. The molecule has 0 aromatic rings. The second-order valence-corrected chi connectivity index (χ2v) is 14.4. The van der Waals surface area contributed by atoms with Crippen molar-refractivity contribution in [2.24, 2.45) is 0 Å². The Kier molecular flexibility index (Phi) is 34.4. The van der Waals surface area contributed by atoms with Gasteiger partial charge in [0, 0.05) is 18.9 Å². The number of carbonyl (C=O) groups excluding carboxylic acids is 2. The van der Waals surface area contributed by atoms with Crippen LogP contribution < -0.4 is 0 Å². The summed E-state index contributed by atoms with van der Waals surface area (Å²) in [5.74, 6) is -0.543. The summed E-state index contributed by atoms with van der Waals surface area (Å²) in [7, 11) is 1.84. The maximum absolute atomic E-state index is 12.6. The lowest BCUT2D eigenvalue weighted by Crippen LogP contribution is -2.43. The Morgan fingerprint density at radius 3 is 0.848 bits per heavy atom. The predicted molar refractivity (Wildman–Crippen MR) is 198 cm³/mol. The molecule has 0 radical (unpaired) electrons. The van der Waals surface area contributed by atoms with E-state index < -0.39 is 6.41 Å². The molecule has 0 unspecified atom stereocenters. The molecule has 0 bridgehead atoms. The molecule has 5 heteroatoms. The van der Waals surface area contributed by atoms with Crippen LogP contribution in [0.5, 0.6) is 0 Å². The molecule has 5 nitrogen and oxygen atoms in total. The lowest BCUT2D eigenvalue weighted by molar-refractivity contribution is -0.223. The first-order chi connectivity index (χ1) is 22.4. The van der Waals surface area contributed by atoms with Crippen LogP contribution in [0.25, 0.3) is 0 Å². The van der Waals surface area contributed by atoms with Gasteiger partial charge in [-0.05, 0) is 33.7 Å². The molecule has 0 saturated carbocycles. The largest absolute Gasteiger partial charge is 0.411 e. The average molecular weight is 652 g/mol. The lowest BCUT2D eigenvalue weighted by Gasteiger charge is -2.29. The minimum Gasteiger partial charge on any atom is -0.411 e. The maximum Gasteiger partial charge on any atom is 0.310 e. The molecular weight excluding hydrogens is 570 g/mol. The Balaban J connectivity index is 3.84. The summed E-state index contributed by atoms with van der Waals surface area (Å²) in [6, 6.07) is 0.0992. The van der Waals surface area contributed by atoms with Crippen molar-refractivity contribution in [2.75, 3.05) is 7.05 Å². The van der Waals surface area contributed by atoms with Gasteiger partial charge in [0.1, 0.15) is 0 Å². The zero-order valence-corrected chi connectivity index (χ0v) is 31.9. The molecule has 0 aromatic carbocycles. The third-order valence-corrected chi connectivity index (χ3v) is 9.58. The quantitative estimate of drug-likeness (QED) is 0.0383. The highest BCUT2D eigenvalue weighted by Crippen LogP contribution is 2.17. The van der Waals surface area contributed by atoms with Crippen molar-refractivity contribution in [1.29, 1.82) is 0 Å². The van der Waals surface area contributed by atoms with E-state index in [1.807, 2.05) is 25.8 Å².